The zero-order chi connectivity index (χ0) is 21.0. The van der Waals surface area contributed by atoms with E-state index in [0.29, 0.717) is 33.7 Å². The number of hydrogen-bond acceptors (Lipinski definition) is 7. The molecule has 3 aromatic rings. The lowest BCUT2D eigenvalue weighted by Crippen LogP contribution is -2.17. The molecule has 2 aromatic carbocycles. The van der Waals surface area contributed by atoms with E-state index in [1.165, 1.54) is 0 Å². The smallest absolute Gasteiger partial charge is 0.339 e. The van der Waals surface area contributed by atoms with Crippen LogP contribution in [0.5, 0.6) is 5.75 Å². The molecule has 0 atom stereocenters. The third kappa shape index (κ3) is 3.27. The maximum atomic E-state index is 12.0. The van der Waals surface area contributed by atoms with Gasteiger partial charge in [-0.3, -0.25) is 0 Å². The van der Waals surface area contributed by atoms with E-state index in [1.54, 1.807) is 51.4 Å². The van der Waals surface area contributed by atoms with Crippen molar-refractivity contribution >= 4 is 28.5 Å². The van der Waals surface area contributed by atoms with Crippen molar-refractivity contribution in [2.45, 2.75) is 38.9 Å². The average Bonchev–Trinajstić information content (AvgIpc) is 2.88. The average molecular weight is 393 g/mol. The topological polar surface area (TPSA) is 93.6 Å². The largest absolute Gasteiger partial charge is 0.496 e. The molecule has 0 aliphatic carbocycles. The molecule has 0 spiro atoms. The molecule has 150 valence electrons. The second kappa shape index (κ2) is 6.42. The summed E-state index contributed by atoms with van der Waals surface area (Å²) in [7, 11) is 1.58. The van der Waals surface area contributed by atoms with E-state index in [-0.39, 0.29) is 5.97 Å². The number of aromatic nitrogens is 2. The summed E-state index contributed by atoms with van der Waals surface area (Å²) >= 11 is 0. The van der Waals surface area contributed by atoms with Crippen LogP contribution in [0.4, 0.5) is 11.6 Å². The number of aliphatic hydroxyl groups is 1. The van der Waals surface area contributed by atoms with Gasteiger partial charge in [-0.15, -0.1) is 0 Å². The minimum atomic E-state index is -1.08. The van der Waals surface area contributed by atoms with Gasteiger partial charge in [-0.05, 0) is 52.0 Å². The fourth-order valence-electron chi connectivity index (χ4n) is 3.60. The summed E-state index contributed by atoms with van der Waals surface area (Å²) in [4.78, 5) is 21.0. The van der Waals surface area contributed by atoms with Crippen LogP contribution in [0.1, 0.15) is 49.2 Å². The SMILES string of the molecule is COc1ccc(C(C)(C)O)c2nc(Nc3ccc4c(c3)C(C)(C)OC4=O)ncc12. The second-order valence-corrected chi connectivity index (χ2v) is 8.12. The Morgan fingerprint density at radius 2 is 1.97 bits per heavy atom. The summed E-state index contributed by atoms with van der Waals surface area (Å²) in [6.07, 6.45) is 1.67. The zero-order valence-corrected chi connectivity index (χ0v) is 17.0. The molecule has 0 unspecified atom stereocenters. The lowest BCUT2D eigenvalue weighted by Gasteiger charge is -2.21. The highest BCUT2D eigenvalue weighted by atomic mass is 16.6. The molecule has 1 aromatic heterocycles. The highest BCUT2D eigenvalue weighted by molar-refractivity contribution is 5.95. The highest BCUT2D eigenvalue weighted by Gasteiger charge is 2.37. The van der Waals surface area contributed by atoms with Crippen molar-refractivity contribution in [2.24, 2.45) is 0 Å². The van der Waals surface area contributed by atoms with Gasteiger partial charge in [0.25, 0.3) is 0 Å². The number of cyclic esters (lactones) is 1. The van der Waals surface area contributed by atoms with Crippen LogP contribution < -0.4 is 10.1 Å². The summed E-state index contributed by atoms with van der Waals surface area (Å²) < 4.78 is 10.8. The number of nitrogens with zero attached hydrogens (tertiary/aromatic N) is 2. The van der Waals surface area contributed by atoms with Crippen LogP contribution in [-0.2, 0) is 15.9 Å². The quantitative estimate of drug-likeness (QED) is 0.647. The van der Waals surface area contributed by atoms with Crippen LogP contribution in [0.15, 0.2) is 36.5 Å². The molecule has 4 rings (SSSR count). The van der Waals surface area contributed by atoms with Crippen molar-refractivity contribution < 1.29 is 19.4 Å². The number of methoxy groups -OCH3 is 1. The zero-order valence-electron chi connectivity index (χ0n) is 17.0. The van der Waals surface area contributed by atoms with Crippen molar-refractivity contribution in [1.82, 2.24) is 9.97 Å². The van der Waals surface area contributed by atoms with E-state index in [1.807, 2.05) is 19.9 Å². The molecule has 2 N–H and O–H groups in total. The normalized spacial score (nSPS) is 15.2. The lowest BCUT2D eigenvalue weighted by atomic mass is 9.95. The van der Waals surface area contributed by atoms with Crippen LogP contribution in [0.25, 0.3) is 10.9 Å². The van der Waals surface area contributed by atoms with E-state index in [2.05, 4.69) is 15.3 Å². The molecule has 2 heterocycles. The molecule has 1 aliphatic heterocycles. The third-order valence-corrected chi connectivity index (χ3v) is 5.08. The van der Waals surface area contributed by atoms with E-state index in [0.717, 1.165) is 11.3 Å². The minimum Gasteiger partial charge on any atom is -0.496 e. The number of benzene rings is 2. The Kier molecular flexibility index (Phi) is 4.24. The van der Waals surface area contributed by atoms with Crippen molar-refractivity contribution in [3.63, 3.8) is 0 Å². The van der Waals surface area contributed by atoms with Gasteiger partial charge in [0.15, 0.2) is 0 Å². The van der Waals surface area contributed by atoms with Crippen LogP contribution in [0.3, 0.4) is 0 Å². The predicted molar refractivity (Wildman–Crippen MR) is 110 cm³/mol. The fourth-order valence-corrected chi connectivity index (χ4v) is 3.60. The molecular formula is C22H23N3O4. The Bertz CT molecular complexity index is 1130. The highest BCUT2D eigenvalue weighted by Crippen LogP contribution is 2.38. The van der Waals surface area contributed by atoms with Gasteiger partial charge in [0, 0.05) is 23.0 Å². The number of carbonyl (C=O) groups is 1. The number of nitrogens with one attached hydrogen (secondary N) is 1. The molecule has 0 amide bonds. The number of fused-ring (bicyclic) bond motifs is 2. The first kappa shape index (κ1) is 19.1. The Labute approximate surface area is 168 Å². The predicted octanol–water partition coefficient (Wildman–Crippen LogP) is 4.01. The summed E-state index contributed by atoms with van der Waals surface area (Å²) in [5.74, 6) is 0.689. The van der Waals surface area contributed by atoms with Gasteiger partial charge >= 0.3 is 5.97 Å². The fraction of sp³-hybridized carbons (Fsp3) is 0.318. The molecule has 0 fully saturated rings. The van der Waals surface area contributed by atoms with Crippen LogP contribution in [-0.4, -0.2) is 28.2 Å². The molecule has 0 radical (unpaired) electrons. The summed E-state index contributed by atoms with van der Waals surface area (Å²) in [6, 6.07) is 9.00. The van der Waals surface area contributed by atoms with E-state index < -0.39 is 11.2 Å². The molecule has 1 aliphatic rings. The van der Waals surface area contributed by atoms with Gasteiger partial charge in [0.2, 0.25) is 5.95 Å². The number of hydrogen-bond donors (Lipinski definition) is 2. The molecular weight excluding hydrogens is 370 g/mol. The first-order valence-corrected chi connectivity index (χ1v) is 9.31. The summed E-state index contributed by atoms with van der Waals surface area (Å²) in [5.41, 5.74) is 1.63. The molecule has 7 heteroatoms. The molecule has 0 bridgehead atoms. The monoisotopic (exact) mass is 393 g/mol. The van der Waals surface area contributed by atoms with Crippen LogP contribution >= 0.6 is 0 Å². The lowest BCUT2D eigenvalue weighted by molar-refractivity contribution is 0.00954. The van der Waals surface area contributed by atoms with Gasteiger partial charge in [-0.2, -0.15) is 0 Å². The van der Waals surface area contributed by atoms with Gasteiger partial charge in [-0.1, -0.05) is 6.07 Å². The Balaban J connectivity index is 1.77. The molecule has 0 saturated carbocycles. The van der Waals surface area contributed by atoms with Crippen LogP contribution in [0, 0.1) is 0 Å². The Morgan fingerprint density at radius 1 is 1.21 bits per heavy atom. The number of carbonyl (C=O) groups excluding carboxylic acids is 1. The summed E-state index contributed by atoms with van der Waals surface area (Å²) in [6.45, 7) is 7.13. The molecule has 0 saturated heterocycles. The van der Waals surface area contributed by atoms with Crippen molar-refractivity contribution in [3.8, 4) is 5.75 Å². The van der Waals surface area contributed by atoms with E-state index in [9.17, 15) is 9.90 Å². The van der Waals surface area contributed by atoms with Crippen molar-refractivity contribution in [3.05, 3.63) is 53.2 Å². The number of anilines is 2. The maximum Gasteiger partial charge on any atom is 0.339 e. The van der Waals surface area contributed by atoms with E-state index in [4.69, 9.17) is 9.47 Å². The van der Waals surface area contributed by atoms with Crippen molar-refractivity contribution in [2.75, 3.05) is 12.4 Å². The van der Waals surface area contributed by atoms with Crippen molar-refractivity contribution in [1.29, 1.82) is 0 Å². The van der Waals surface area contributed by atoms with Gasteiger partial charge < -0.3 is 19.9 Å². The first-order valence-electron chi connectivity index (χ1n) is 9.31. The van der Waals surface area contributed by atoms with Gasteiger partial charge in [-0.25, -0.2) is 14.8 Å². The number of esters is 1. The van der Waals surface area contributed by atoms with Gasteiger partial charge in [0.05, 0.1) is 29.2 Å². The second-order valence-electron chi connectivity index (χ2n) is 8.12. The number of rotatable bonds is 4. The Hall–Kier alpha value is -3.19. The standard InChI is InChI=1S/C22H23N3O4/c1-21(2,27)15-8-9-17(28-5)14-11-23-20(25-18(14)15)24-12-6-7-13-16(10-12)22(3,4)29-19(13)26/h6-11,27H,1-5H3,(H,23,24,25). The van der Waals surface area contributed by atoms with Crippen LogP contribution in [0.2, 0.25) is 0 Å². The van der Waals surface area contributed by atoms with Gasteiger partial charge in [0.1, 0.15) is 11.4 Å². The first-order chi connectivity index (χ1) is 13.6. The molecule has 7 nitrogen and oxygen atoms in total. The summed E-state index contributed by atoms with van der Waals surface area (Å²) in [5, 5.41) is 14.4. The maximum absolute atomic E-state index is 12.0. The number of ether oxygens (including phenoxy) is 2. The molecule has 29 heavy (non-hydrogen) atoms. The minimum absolute atomic E-state index is 0.319. The third-order valence-electron chi connectivity index (χ3n) is 5.08. The van der Waals surface area contributed by atoms with E-state index >= 15 is 0 Å². The Morgan fingerprint density at radius 3 is 2.66 bits per heavy atom.